The van der Waals surface area contributed by atoms with Crippen LogP contribution in [0.4, 0.5) is 0 Å². The van der Waals surface area contributed by atoms with E-state index in [1.54, 1.807) is 6.92 Å². The quantitative estimate of drug-likeness (QED) is 0.656. The van der Waals surface area contributed by atoms with Crippen molar-refractivity contribution < 1.29 is 26.4 Å². The predicted molar refractivity (Wildman–Crippen MR) is 65.2 cm³/mol. The van der Waals surface area contributed by atoms with Crippen molar-refractivity contribution in [1.29, 1.82) is 0 Å². The van der Waals surface area contributed by atoms with Gasteiger partial charge >= 0.3 is 5.97 Å². The van der Waals surface area contributed by atoms with Gasteiger partial charge in [0.15, 0.2) is 0 Å². The molecule has 0 radical (unpaired) electrons. The number of rotatable bonds is 5. The van der Waals surface area contributed by atoms with Crippen molar-refractivity contribution in [2.24, 2.45) is 0 Å². The summed E-state index contributed by atoms with van der Waals surface area (Å²) in [6.45, 7) is 1.39. The van der Waals surface area contributed by atoms with Gasteiger partial charge in [0.25, 0.3) is 0 Å². The van der Waals surface area contributed by atoms with Crippen LogP contribution in [0.1, 0.15) is 19.8 Å². The average Bonchev–Trinajstić information content (AvgIpc) is 2.26. The number of carbonyl (C=O) groups excluding carboxylic acids is 1. The molecular formula is C9H17NO6S2. The second-order valence-electron chi connectivity index (χ2n) is 4.02. The van der Waals surface area contributed by atoms with Crippen LogP contribution in [0.15, 0.2) is 0 Å². The highest BCUT2D eigenvalue weighted by molar-refractivity contribution is 7.92. The van der Waals surface area contributed by atoms with Crippen LogP contribution in [0.25, 0.3) is 0 Å². The van der Waals surface area contributed by atoms with E-state index in [-0.39, 0.29) is 31.0 Å². The van der Waals surface area contributed by atoms with Crippen LogP contribution in [0.2, 0.25) is 0 Å². The first-order chi connectivity index (χ1) is 8.27. The van der Waals surface area contributed by atoms with Crippen LogP contribution in [0.3, 0.4) is 0 Å². The van der Waals surface area contributed by atoms with Crippen molar-refractivity contribution >= 4 is 25.8 Å². The number of ether oxygens (including phenoxy) is 1. The van der Waals surface area contributed by atoms with E-state index in [1.165, 1.54) is 0 Å². The summed E-state index contributed by atoms with van der Waals surface area (Å²) in [7, 11) is -6.76. The Bertz CT molecular complexity index is 481. The molecule has 0 bridgehead atoms. The van der Waals surface area contributed by atoms with Gasteiger partial charge in [0.2, 0.25) is 10.0 Å². The summed E-state index contributed by atoms with van der Waals surface area (Å²) in [6, 6.07) is 0. The van der Waals surface area contributed by atoms with Crippen molar-refractivity contribution in [2.45, 2.75) is 25.0 Å². The summed E-state index contributed by atoms with van der Waals surface area (Å²) in [4.78, 5) is 11.0. The number of hydrogen-bond donors (Lipinski definition) is 1. The molecule has 0 atom stereocenters. The zero-order valence-electron chi connectivity index (χ0n) is 10.1. The lowest BCUT2D eigenvalue weighted by molar-refractivity contribution is -0.141. The summed E-state index contributed by atoms with van der Waals surface area (Å²) < 4.78 is 52.7. The highest BCUT2D eigenvalue weighted by atomic mass is 32.2. The van der Waals surface area contributed by atoms with Crippen molar-refractivity contribution in [3.63, 3.8) is 0 Å². The largest absolute Gasteiger partial charge is 0.465 e. The molecular weight excluding hydrogens is 282 g/mol. The molecule has 1 heterocycles. The Morgan fingerprint density at radius 2 is 1.89 bits per heavy atom. The van der Waals surface area contributed by atoms with Gasteiger partial charge < -0.3 is 4.74 Å². The molecule has 9 heteroatoms. The first-order valence-corrected chi connectivity index (χ1v) is 8.98. The maximum atomic E-state index is 11.8. The van der Waals surface area contributed by atoms with Crippen molar-refractivity contribution in [3.8, 4) is 0 Å². The van der Waals surface area contributed by atoms with E-state index >= 15 is 0 Å². The molecule has 0 aromatic heterocycles. The zero-order chi connectivity index (χ0) is 13.8. The van der Waals surface area contributed by atoms with Crippen LogP contribution in [-0.2, 0) is 29.4 Å². The number of hydrogen-bond acceptors (Lipinski definition) is 6. The SMILES string of the molecule is CCOC(=O)CNS(=O)(=O)C1CCS(=O)(=O)CC1. The van der Waals surface area contributed by atoms with E-state index in [1.807, 2.05) is 0 Å². The summed E-state index contributed by atoms with van der Waals surface area (Å²) in [6.07, 6.45) is 0.140. The van der Waals surface area contributed by atoms with Crippen molar-refractivity contribution in [3.05, 3.63) is 0 Å². The topological polar surface area (TPSA) is 107 Å². The molecule has 1 aliphatic rings. The second-order valence-corrected chi connectivity index (χ2v) is 8.37. The molecule has 0 saturated carbocycles. The average molecular weight is 299 g/mol. The van der Waals surface area contributed by atoms with Gasteiger partial charge in [-0.05, 0) is 19.8 Å². The van der Waals surface area contributed by atoms with Gasteiger partial charge in [0.1, 0.15) is 16.4 Å². The van der Waals surface area contributed by atoms with Gasteiger partial charge in [-0.3, -0.25) is 4.79 Å². The minimum absolute atomic E-state index is 0.0699. The van der Waals surface area contributed by atoms with Gasteiger partial charge in [0.05, 0.1) is 23.4 Å². The van der Waals surface area contributed by atoms with Crippen LogP contribution in [0, 0.1) is 0 Å². The Balaban J connectivity index is 2.52. The molecule has 0 amide bonds. The molecule has 106 valence electrons. The molecule has 0 spiro atoms. The number of sulfone groups is 1. The van der Waals surface area contributed by atoms with Crippen molar-refractivity contribution in [2.75, 3.05) is 24.7 Å². The molecule has 1 N–H and O–H groups in total. The van der Waals surface area contributed by atoms with Gasteiger partial charge in [-0.2, -0.15) is 0 Å². The lowest BCUT2D eigenvalue weighted by Crippen LogP contribution is -2.41. The van der Waals surface area contributed by atoms with E-state index in [2.05, 4.69) is 9.46 Å². The fourth-order valence-electron chi connectivity index (χ4n) is 1.67. The van der Waals surface area contributed by atoms with Gasteiger partial charge in [-0.1, -0.05) is 0 Å². The van der Waals surface area contributed by atoms with E-state index in [0.717, 1.165) is 0 Å². The minimum atomic E-state index is -3.66. The Kier molecular flexibility index (Phi) is 5.11. The summed E-state index contributed by atoms with van der Waals surface area (Å²) in [5, 5.41) is -0.754. The summed E-state index contributed by atoms with van der Waals surface area (Å²) >= 11 is 0. The number of carbonyl (C=O) groups is 1. The molecule has 0 aliphatic carbocycles. The highest BCUT2D eigenvalue weighted by Gasteiger charge is 2.32. The third kappa shape index (κ3) is 4.54. The highest BCUT2D eigenvalue weighted by Crippen LogP contribution is 2.18. The fraction of sp³-hybridized carbons (Fsp3) is 0.889. The molecule has 0 aromatic carbocycles. The molecule has 1 aliphatic heterocycles. The third-order valence-corrected chi connectivity index (χ3v) is 6.27. The van der Waals surface area contributed by atoms with E-state index in [0.29, 0.717) is 0 Å². The smallest absolute Gasteiger partial charge is 0.320 e. The standard InChI is InChI=1S/C9H17NO6S2/c1-2-16-9(11)7-10-18(14,15)8-3-5-17(12,13)6-4-8/h8,10H,2-7H2,1H3. The van der Waals surface area contributed by atoms with Crippen LogP contribution < -0.4 is 4.72 Å². The lowest BCUT2D eigenvalue weighted by Gasteiger charge is -2.21. The maximum Gasteiger partial charge on any atom is 0.320 e. The Hall–Kier alpha value is -0.670. The Labute approximate surface area is 107 Å². The molecule has 1 saturated heterocycles. The Morgan fingerprint density at radius 1 is 1.33 bits per heavy atom. The van der Waals surface area contributed by atoms with E-state index in [9.17, 15) is 21.6 Å². The van der Waals surface area contributed by atoms with Gasteiger partial charge in [0, 0.05) is 0 Å². The number of nitrogens with one attached hydrogen (secondary N) is 1. The number of esters is 1. The molecule has 0 aromatic rings. The minimum Gasteiger partial charge on any atom is -0.465 e. The monoisotopic (exact) mass is 299 g/mol. The van der Waals surface area contributed by atoms with E-state index in [4.69, 9.17) is 0 Å². The van der Waals surface area contributed by atoms with Crippen molar-refractivity contribution in [1.82, 2.24) is 4.72 Å². The summed E-state index contributed by atoms with van der Waals surface area (Å²) in [5.41, 5.74) is 0. The van der Waals surface area contributed by atoms with Crippen LogP contribution >= 0.6 is 0 Å². The lowest BCUT2D eigenvalue weighted by atomic mass is 10.2. The molecule has 18 heavy (non-hydrogen) atoms. The maximum absolute atomic E-state index is 11.8. The predicted octanol–water partition coefficient (Wildman–Crippen LogP) is -0.954. The second kappa shape index (κ2) is 5.98. The van der Waals surface area contributed by atoms with Crippen LogP contribution in [0.5, 0.6) is 0 Å². The van der Waals surface area contributed by atoms with Gasteiger partial charge in [-0.15, -0.1) is 0 Å². The van der Waals surface area contributed by atoms with Gasteiger partial charge in [-0.25, -0.2) is 21.6 Å². The molecule has 1 fully saturated rings. The summed E-state index contributed by atoms with van der Waals surface area (Å²) in [5.74, 6) is -0.903. The third-order valence-electron chi connectivity index (χ3n) is 2.66. The zero-order valence-corrected chi connectivity index (χ0v) is 11.7. The fourth-order valence-corrected chi connectivity index (χ4v) is 4.87. The van der Waals surface area contributed by atoms with Crippen LogP contribution in [-0.4, -0.2) is 52.7 Å². The molecule has 0 unspecified atom stereocenters. The first-order valence-electron chi connectivity index (χ1n) is 5.61. The van der Waals surface area contributed by atoms with E-state index < -0.39 is 37.6 Å². The number of sulfonamides is 1. The molecule has 7 nitrogen and oxygen atoms in total. The molecule has 1 rings (SSSR count). The first kappa shape index (κ1) is 15.4. The Morgan fingerprint density at radius 3 is 2.39 bits per heavy atom. The normalized spacial score (nSPS) is 20.5.